The van der Waals surface area contributed by atoms with Crippen molar-refractivity contribution in [1.29, 1.82) is 0 Å². The summed E-state index contributed by atoms with van der Waals surface area (Å²) in [5, 5.41) is 25.0. The number of hydrogen-bond donors (Lipinski definition) is 1. The quantitative estimate of drug-likeness (QED) is 0.188. The Labute approximate surface area is 223 Å². The second-order valence-corrected chi connectivity index (χ2v) is 9.79. The minimum atomic E-state index is -1.09. The van der Waals surface area contributed by atoms with E-state index in [0.29, 0.717) is 0 Å². The summed E-state index contributed by atoms with van der Waals surface area (Å²) in [7, 11) is 3.26. The van der Waals surface area contributed by atoms with Crippen LogP contribution in [-0.4, -0.2) is 49.3 Å². The summed E-state index contributed by atoms with van der Waals surface area (Å²) in [5.41, 5.74) is 2.46. The highest BCUT2D eigenvalue weighted by atomic mass is 16.6. The van der Waals surface area contributed by atoms with Crippen LogP contribution in [0.5, 0.6) is 11.5 Å². The minimum Gasteiger partial charge on any atom is -0.632 e. The first-order valence-corrected chi connectivity index (χ1v) is 12.8. The van der Waals surface area contributed by atoms with Crippen molar-refractivity contribution in [3.63, 3.8) is 0 Å². The Balaban J connectivity index is 1.60. The summed E-state index contributed by atoms with van der Waals surface area (Å²) >= 11 is 0. The molecule has 0 aliphatic carbocycles. The Morgan fingerprint density at radius 2 is 1.18 bits per heavy atom. The Morgan fingerprint density at radius 3 is 1.68 bits per heavy atom. The largest absolute Gasteiger partial charge is 0.632 e. The third kappa shape index (κ3) is 5.17. The molecule has 0 bridgehead atoms. The SMILES string of the molecule is COc1ccc(C(O[C@H]2C[N+]([O-])(Cc3ccccc3)C[C@@H]2O)(c2ccccc2)c2ccc(OC)cc2)cc1. The third-order valence-corrected chi connectivity index (χ3v) is 7.28. The molecule has 0 spiro atoms. The fourth-order valence-corrected chi connectivity index (χ4v) is 5.40. The Morgan fingerprint density at radius 1 is 0.711 bits per heavy atom. The van der Waals surface area contributed by atoms with Crippen LogP contribution in [-0.2, 0) is 16.9 Å². The van der Waals surface area contributed by atoms with Crippen LogP contribution >= 0.6 is 0 Å². The van der Waals surface area contributed by atoms with Gasteiger partial charge in [-0.25, -0.2) is 0 Å². The first-order chi connectivity index (χ1) is 18.5. The number of ether oxygens (including phenoxy) is 3. The average Bonchev–Trinajstić information content (AvgIpc) is 3.24. The molecule has 6 nitrogen and oxygen atoms in total. The van der Waals surface area contributed by atoms with E-state index in [1.807, 2.05) is 109 Å². The molecule has 38 heavy (non-hydrogen) atoms. The van der Waals surface area contributed by atoms with Crippen LogP contribution in [0, 0.1) is 5.21 Å². The van der Waals surface area contributed by atoms with Gasteiger partial charge in [0.2, 0.25) is 0 Å². The lowest BCUT2D eigenvalue weighted by atomic mass is 9.79. The van der Waals surface area contributed by atoms with Crippen molar-refractivity contribution >= 4 is 0 Å². The highest BCUT2D eigenvalue weighted by molar-refractivity contribution is 5.50. The monoisotopic (exact) mass is 511 g/mol. The van der Waals surface area contributed by atoms with Gasteiger partial charge in [0.1, 0.15) is 48.9 Å². The number of hydrogen-bond acceptors (Lipinski definition) is 5. The van der Waals surface area contributed by atoms with Crippen LogP contribution in [0.1, 0.15) is 22.3 Å². The molecule has 4 aromatic carbocycles. The van der Waals surface area contributed by atoms with Gasteiger partial charge in [0.15, 0.2) is 0 Å². The predicted molar refractivity (Wildman–Crippen MR) is 147 cm³/mol. The van der Waals surface area contributed by atoms with Crippen LogP contribution in [0.2, 0.25) is 0 Å². The number of nitrogens with zero attached hydrogens (tertiary/aromatic N) is 1. The molecule has 1 heterocycles. The van der Waals surface area contributed by atoms with Gasteiger partial charge >= 0.3 is 0 Å². The molecule has 1 aliphatic heterocycles. The number of benzene rings is 4. The molecule has 5 rings (SSSR count). The van der Waals surface area contributed by atoms with Crippen molar-refractivity contribution in [3.8, 4) is 11.5 Å². The molecule has 6 heteroatoms. The van der Waals surface area contributed by atoms with Crippen LogP contribution in [0.25, 0.3) is 0 Å². The summed E-state index contributed by atoms with van der Waals surface area (Å²) in [6.07, 6.45) is -1.61. The lowest BCUT2D eigenvalue weighted by Crippen LogP contribution is -2.43. The maximum absolute atomic E-state index is 13.8. The molecule has 1 fully saturated rings. The summed E-state index contributed by atoms with van der Waals surface area (Å²) in [5.74, 6) is 1.45. The lowest BCUT2D eigenvalue weighted by molar-refractivity contribution is -0.884. The molecule has 0 aromatic heterocycles. The Hall–Kier alpha value is -3.68. The topological polar surface area (TPSA) is 71.0 Å². The number of likely N-dealkylation sites (tertiary alicyclic amines) is 1. The Bertz CT molecular complexity index is 1260. The van der Waals surface area contributed by atoms with Gasteiger partial charge in [0.05, 0.1) is 14.2 Å². The van der Waals surface area contributed by atoms with Crippen molar-refractivity contribution in [1.82, 2.24) is 0 Å². The summed E-state index contributed by atoms with van der Waals surface area (Å²) in [4.78, 5) is 0. The molecule has 1 aliphatic rings. The second kappa shape index (κ2) is 11.0. The van der Waals surface area contributed by atoms with Gasteiger partial charge in [0, 0.05) is 5.56 Å². The van der Waals surface area contributed by atoms with E-state index in [0.717, 1.165) is 33.8 Å². The fraction of sp³-hybridized carbons (Fsp3) is 0.250. The lowest BCUT2D eigenvalue weighted by Gasteiger charge is -2.40. The van der Waals surface area contributed by atoms with Crippen LogP contribution < -0.4 is 9.47 Å². The van der Waals surface area contributed by atoms with E-state index in [1.165, 1.54) is 0 Å². The first-order valence-electron chi connectivity index (χ1n) is 12.8. The maximum atomic E-state index is 13.8. The van der Waals surface area contributed by atoms with Gasteiger partial charge in [-0.2, -0.15) is 0 Å². The first kappa shape index (κ1) is 25.9. The number of methoxy groups -OCH3 is 2. The number of rotatable bonds is 9. The van der Waals surface area contributed by atoms with Crippen LogP contribution in [0.3, 0.4) is 0 Å². The van der Waals surface area contributed by atoms with E-state index in [2.05, 4.69) is 0 Å². The van der Waals surface area contributed by atoms with E-state index in [9.17, 15) is 10.3 Å². The summed E-state index contributed by atoms with van der Waals surface area (Å²) in [6, 6.07) is 35.1. The molecular weight excluding hydrogens is 478 g/mol. The molecule has 0 saturated carbocycles. The highest BCUT2D eigenvalue weighted by Gasteiger charge is 2.47. The van der Waals surface area contributed by atoms with Gasteiger partial charge in [0.25, 0.3) is 0 Å². The van der Waals surface area contributed by atoms with Crippen molar-refractivity contribution in [2.45, 2.75) is 24.4 Å². The van der Waals surface area contributed by atoms with Crippen LogP contribution in [0.15, 0.2) is 109 Å². The predicted octanol–water partition coefficient (Wildman–Crippen LogP) is 5.27. The number of hydroxylamine groups is 3. The summed E-state index contributed by atoms with van der Waals surface area (Å²) in [6.45, 7) is 0.480. The van der Waals surface area contributed by atoms with Crippen molar-refractivity contribution in [3.05, 3.63) is 137 Å². The van der Waals surface area contributed by atoms with Gasteiger partial charge < -0.3 is 29.2 Å². The average molecular weight is 512 g/mol. The molecule has 0 amide bonds. The number of quaternary nitrogens is 1. The van der Waals surface area contributed by atoms with Crippen LogP contribution in [0.4, 0.5) is 0 Å². The normalized spacial score (nSPS) is 21.3. The fourth-order valence-electron chi connectivity index (χ4n) is 5.40. The molecule has 3 atom stereocenters. The third-order valence-electron chi connectivity index (χ3n) is 7.28. The van der Waals surface area contributed by atoms with E-state index in [-0.39, 0.29) is 19.6 Å². The zero-order valence-corrected chi connectivity index (χ0v) is 21.7. The zero-order chi connectivity index (χ0) is 26.6. The Kier molecular flexibility index (Phi) is 7.49. The summed E-state index contributed by atoms with van der Waals surface area (Å²) < 4.78 is 17.3. The second-order valence-electron chi connectivity index (χ2n) is 9.79. The standard InChI is InChI=1S/C32H33NO5/c1-36-28-17-13-26(14-18-28)32(25-11-7-4-8-12-25,27-15-19-29(37-2)20-16-27)38-31-23-33(35,22-30(31)34)21-24-9-5-3-6-10-24/h3-20,30-31,34H,21-23H2,1-2H3/t30-,31-,33?/m0/s1. The molecule has 0 radical (unpaired) electrons. The molecule has 1 unspecified atom stereocenters. The van der Waals surface area contributed by atoms with E-state index in [1.54, 1.807) is 14.2 Å². The number of aliphatic hydroxyl groups is 1. The highest BCUT2D eigenvalue weighted by Crippen LogP contribution is 2.44. The zero-order valence-electron chi connectivity index (χ0n) is 21.7. The van der Waals surface area contributed by atoms with Gasteiger partial charge in [-0.05, 0) is 41.0 Å². The van der Waals surface area contributed by atoms with Crippen molar-refractivity contribution < 1.29 is 24.0 Å². The molecule has 1 saturated heterocycles. The van der Waals surface area contributed by atoms with Gasteiger partial charge in [-0.1, -0.05) is 84.9 Å². The number of aliphatic hydroxyl groups excluding tert-OH is 1. The minimum absolute atomic E-state index is 0.0651. The van der Waals surface area contributed by atoms with Crippen molar-refractivity contribution in [2.24, 2.45) is 0 Å². The van der Waals surface area contributed by atoms with E-state index < -0.39 is 22.5 Å². The molecule has 196 valence electrons. The van der Waals surface area contributed by atoms with Gasteiger partial charge in [-0.3, -0.25) is 0 Å². The van der Waals surface area contributed by atoms with Crippen molar-refractivity contribution in [2.75, 3.05) is 27.3 Å². The smallest absolute Gasteiger partial charge is 0.144 e. The maximum Gasteiger partial charge on any atom is 0.144 e. The van der Waals surface area contributed by atoms with E-state index >= 15 is 0 Å². The van der Waals surface area contributed by atoms with Gasteiger partial charge in [-0.15, -0.1) is 0 Å². The molecule has 1 N–H and O–H groups in total. The van der Waals surface area contributed by atoms with E-state index in [4.69, 9.17) is 14.2 Å². The molecule has 4 aromatic rings. The molecular formula is C32H33NO5.